The van der Waals surface area contributed by atoms with E-state index in [4.69, 9.17) is 14.2 Å². The van der Waals surface area contributed by atoms with Crippen LogP contribution in [0, 0.1) is 10.1 Å². The van der Waals surface area contributed by atoms with Gasteiger partial charge in [0.2, 0.25) is 5.75 Å². The van der Waals surface area contributed by atoms with E-state index in [1.54, 1.807) is 13.8 Å². The Balaban J connectivity index is 2.09. The molecule has 0 spiro atoms. The van der Waals surface area contributed by atoms with E-state index in [1.807, 2.05) is 37.3 Å². The number of hydrogen-bond donors (Lipinski definition) is 2. The van der Waals surface area contributed by atoms with Crippen LogP contribution in [0.2, 0.25) is 0 Å². The number of unbranched alkanes of at least 4 members (excludes halogenated alkanes) is 1. The Kier molecular flexibility index (Phi) is 8.88. The zero-order valence-electron chi connectivity index (χ0n) is 20.8. The summed E-state index contributed by atoms with van der Waals surface area (Å²) in [6.07, 6.45) is 1.63. The molecule has 2 aromatic rings. The van der Waals surface area contributed by atoms with E-state index in [9.17, 15) is 19.7 Å². The van der Waals surface area contributed by atoms with E-state index >= 15 is 0 Å². The molecule has 0 saturated carbocycles. The molecule has 0 bridgehead atoms. The van der Waals surface area contributed by atoms with Crippen LogP contribution in [0.5, 0.6) is 11.5 Å². The third-order valence-electron chi connectivity index (χ3n) is 5.53. The molecule has 0 radical (unpaired) electrons. The smallest absolute Gasteiger partial charge is 0.338 e. The summed E-state index contributed by atoms with van der Waals surface area (Å²) >= 11 is 0. The lowest BCUT2D eigenvalue weighted by Gasteiger charge is -2.30. The van der Waals surface area contributed by atoms with Crippen molar-refractivity contribution in [3.8, 4) is 11.5 Å². The first-order valence-electron chi connectivity index (χ1n) is 11.8. The monoisotopic (exact) mass is 497 g/mol. The van der Waals surface area contributed by atoms with Crippen molar-refractivity contribution < 1.29 is 28.7 Å². The Labute approximate surface area is 209 Å². The van der Waals surface area contributed by atoms with Crippen LogP contribution in [0.4, 0.5) is 10.5 Å². The van der Waals surface area contributed by atoms with Gasteiger partial charge >= 0.3 is 17.7 Å². The van der Waals surface area contributed by atoms with Gasteiger partial charge in [0.15, 0.2) is 5.75 Å². The summed E-state index contributed by atoms with van der Waals surface area (Å²) in [7, 11) is 1.37. The van der Waals surface area contributed by atoms with Gasteiger partial charge in [0.25, 0.3) is 0 Å². The first-order valence-corrected chi connectivity index (χ1v) is 11.8. The molecule has 2 aromatic carbocycles. The fourth-order valence-corrected chi connectivity index (χ4v) is 3.87. The molecule has 1 unspecified atom stereocenters. The van der Waals surface area contributed by atoms with Gasteiger partial charge in [0, 0.05) is 11.8 Å². The maximum absolute atomic E-state index is 13.1. The number of hydrogen-bond acceptors (Lipinski definition) is 7. The number of nitro groups is 1. The highest BCUT2D eigenvalue weighted by Crippen LogP contribution is 2.42. The summed E-state index contributed by atoms with van der Waals surface area (Å²) in [5.41, 5.74) is 1.41. The second-order valence-corrected chi connectivity index (χ2v) is 8.58. The minimum atomic E-state index is -0.979. The van der Waals surface area contributed by atoms with Gasteiger partial charge in [-0.25, -0.2) is 9.59 Å². The normalized spacial score (nSPS) is 15.2. The number of ether oxygens (including phenoxy) is 3. The zero-order chi connectivity index (χ0) is 26.2. The average Bonchev–Trinajstić information content (AvgIpc) is 2.85. The van der Waals surface area contributed by atoms with Crippen LogP contribution >= 0.6 is 0 Å². The summed E-state index contributed by atoms with van der Waals surface area (Å²) in [5.74, 6) is -0.550. The second kappa shape index (κ2) is 12.1. The summed E-state index contributed by atoms with van der Waals surface area (Å²) < 4.78 is 16.7. The van der Waals surface area contributed by atoms with E-state index in [0.29, 0.717) is 17.7 Å². The molecule has 3 rings (SSSR count). The number of nitro benzene ring substituents is 1. The standard InChI is InChI=1S/C26H31N3O7/c1-5-6-12-19-22(25(30)36-16(2)3)23(28-26(31)27-19)18-13-20(29(32)33)24(21(14-18)34-4)35-15-17-10-8-7-9-11-17/h7-11,13-14,16,23H,5-6,12,15H2,1-4H3,(H2,27,28,31). The van der Waals surface area contributed by atoms with Gasteiger partial charge in [0.1, 0.15) is 6.61 Å². The Hall–Kier alpha value is -4.08. The van der Waals surface area contributed by atoms with Gasteiger partial charge in [-0.15, -0.1) is 0 Å². The lowest BCUT2D eigenvalue weighted by molar-refractivity contribution is -0.386. The molecule has 1 heterocycles. The number of amides is 2. The number of esters is 1. The SMILES string of the molecule is CCCCC1=C(C(=O)OC(C)C)C(c2cc(OC)c(OCc3ccccc3)c([N+](=O)[O-])c2)NC(=O)N1. The zero-order valence-corrected chi connectivity index (χ0v) is 20.8. The van der Waals surface area contributed by atoms with E-state index in [2.05, 4.69) is 10.6 Å². The van der Waals surface area contributed by atoms with E-state index in [-0.39, 0.29) is 29.4 Å². The maximum Gasteiger partial charge on any atom is 0.338 e. The molecular weight excluding hydrogens is 466 g/mol. The summed E-state index contributed by atoms with van der Waals surface area (Å²) in [6.45, 7) is 5.53. The van der Waals surface area contributed by atoms with Crippen molar-refractivity contribution in [3.63, 3.8) is 0 Å². The van der Waals surface area contributed by atoms with Crippen molar-refractivity contribution in [1.82, 2.24) is 10.6 Å². The van der Waals surface area contributed by atoms with Crippen LogP contribution in [0.1, 0.15) is 57.2 Å². The molecule has 10 heteroatoms. The van der Waals surface area contributed by atoms with Gasteiger partial charge in [-0.3, -0.25) is 10.1 Å². The Morgan fingerprint density at radius 3 is 2.53 bits per heavy atom. The molecule has 2 N–H and O–H groups in total. The van der Waals surface area contributed by atoms with Gasteiger partial charge in [-0.2, -0.15) is 0 Å². The Bertz CT molecular complexity index is 1150. The van der Waals surface area contributed by atoms with Crippen LogP contribution in [-0.4, -0.2) is 30.1 Å². The first-order chi connectivity index (χ1) is 17.2. The number of rotatable bonds is 11. The van der Waals surface area contributed by atoms with Crippen LogP contribution in [-0.2, 0) is 16.1 Å². The van der Waals surface area contributed by atoms with Crippen LogP contribution < -0.4 is 20.1 Å². The molecule has 1 atom stereocenters. The van der Waals surface area contributed by atoms with Gasteiger partial charge in [-0.05, 0) is 43.9 Å². The maximum atomic E-state index is 13.1. The third kappa shape index (κ3) is 6.32. The van der Waals surface area contributed by atoms with E-state index < -0.39 is 29.1 Å². The van der Waals surface area contributed by atoms with Crippen molar-refractivity contribution in [1.29, 1.82) is 0 Å². The molecular formula is C26H31N3O7. The van der Waals surface area contributed by atoms with E-state index in [0.717, 1.165) is 18.4 Å². The van der Waals surface area contributed by atoms with Crippen molar-refractivity contribution in [2.75, 3.05) is 7.11 Å². The Morgan fingerprint density at radius 2 is 1.92 bits per heavy atom. The molecule has 0 saturated heterocycles. The number of carbonyl (C=O) groups is 2. The number of allylic oxidation sites excluding steroid dienone is 1. The minimum Gasteiger partial charge on any atom is -0.493 e. The largest absolute Gasteiger partial charge is 0.493 e. The number of benzene rings is 2. The summed E-state index contributed by atoms with van der Waals surface area (Å²) in [5, 5.41) is 17.5. The van der Waals surface area contributed by atoms with Gasteiger partial charge in [0.05, 0.1) is 29.8 Å². The highest BCUT2D eigenvalue weighted by Gasteiger charge is 2.36. The molecule has 0 aliphatic carbocycles. The number of carbonyl (C=O) groups excluding carboxylic acids is 2. The fourth-order valence-electron chi connectivity index (χ4n) is 3.87. The third-order valence-corrected chi connectivity index (χ3v) is 5.53. The topological polar surface area (TPSA) is 129 Å². The first kappa shape index (κ1) is 26.5. The summed E-state index contributed by atoms with van der Waals surface area (Å²) in [4.78, 5) is 37.1. The Morgan fingerprint density at radius 1 is 1.19 bits per heavy atom. The molecule has 0 aromatic heterocycles. The number of methoxy groups -OCH3 is 1. The molecule has 36 heavy (non-hydrogen) atoms. The van der Waals surface area contributed by atoms with E-state index in [1.165, 1.54) is 19.2 Å². The predicted molar refractivity (Wildman–Crippen MR) is 133 cm³/mol. The molecule has 0 fully saturated rings. The highest BCUT2D eigenvalue weighted by atomic mass is 16.6. The summed E-state index contributed by atoms with van der Waals surface area (Å²) in [6, 6.07) is 10.5. The second-order valence-electron chi connectivity index (χ2n) is 8.58. The van der Waals surface area contributed by atoms with Crippen LogP contribution in [0.3, 0.4) is 0 Å². The molecule has 10 nitrogen and oxygen atoms in total. The number of urea groups is 1. The molecule has 1 aliphatic heterocycles. The van der Waals surface area contributed by atoms with Gasteiger partial charge < -0.3 is 24.8 Å². The lowest BCUT2D eigenvalue weighted by Crippen LogP contribution is -2.46. The van der Waals surface area contributed by atoms with Crippen molar-refractivity contribution in [2.45, 2.75) is 58.8 Å². The van der Waals surface area contributed by atoms with Crippen LogP contribution in [0.15, 0.2) is 53.7 Å². The molecule has 192 valence electrons. The molecule has 1 aliphatic rings. The van der Waals surface area contributed by atoms with Crippen molar-refractivity contribution in [3.05, 3.63) is 75.0 Å². The number of nitrogens with zero attached hydrogens (tertiary/aromatic N) is 1. The quantitative estimate of drug-likeness (QED) is 0.256. The predicted octanol–water partition coefficient (Wildman–Crippen LogP) is 4.93. The average molecular weight is 498 g/mol. The van der Waals surface area contributed by atoms with Gasteiger partial charge in [-0.1, -0.05) is 43.7 Å². The van der Waals surface area contributed by atoms with Crippen molar-refractivity contribution in [2.24, 2.45) is 0 Å². The van der Waals surface area contributed by atoms with Crippen LogP contribution in [0.25, 0.3) is 0 Å². The number of nitrogens with one attached hydrogen (secondary N) is 2. The lowest BCUT2D eigenvalue weighted by atomic mass is 9.92. The minimum absolute atomic E-state index is 0.0446. The van der Waals surface area contributed by atoms with Crippen molar-refractivity contribution >= 4 is 17.7 Å². The molecule has 2 amide bonds. The highest BCUT2D eigenvalue weighted by molar-refractivity contribution is 5.95. The fraction of sp³-hybridized carbons (Fsp3) is 0.385.